The molecular weight excluding hydrogens is 448 g/mol. The number of fused-ring (bicyclic) bond motifs is 1. The molecule has 23 heavy (non-hydrogen) atoms. The fourth-order valence-corrected chi connectivity index (χ4v) is 3.27. The fourth-order valence-electron chi connectivity index (χ4n) is 2.23. The van der Waals surface area contributed by atoms with Gasteiger partial charge in [0.2, 0.25) is 5.78 Å². The molecule has 3 nitrogen and oxygen atoms in total. The molecule has 2 aromatic rings. The number of aliphatic imine (C=N–C) groups is 1. The second-order valence-corrected chi connectivity index (χ2v) is 6.67. The summed E-state index contributed by atoms with van der Waals surface area (Å²) in [6, 6.07) is 13.9. The van der Waals surface area contributed by atoms with Gasteiger partial charge >= 0.3 is 0 Å². The standard InChI is InChI=1S/C17H8Cl2INO2/c18-13-14(19)16(22)10-6-2-1-5-9(10)15(13)21-17(23)11-7-3-4-8-12(11)20/h1-8H. The molecule has 6 heteroatoms. The average molecular weight is 456 g/mol. The number of allylic oxidation sites excluding steroid dienone is 2. The van der Waals surface area contributed by atoms with E-state index < -0.39 is 5.91 Å². The molecule has 0 saturated heterocycles. The van der Waals surface area contributed by atoms with Crippen LogP contribution in [0.2, 0.25) is 0 Å². The van der Waals surface area contributed by atoms with E-state index in [1.807, 2.05) is 12.1 Å². The van der Waals surface area contributed by atoms with Gasteiger partial charge in [0, 0.05) is 14.7 Å². The van der Waals surface area contributed by atoms with Crippen molar-refractivity contribution >= 4 is 63.2 Å². The van der Waals surface area contributed by atoms with Crippen molar-refractivity contribution in [1.29, 1.82) is 0 Å². The van der Waals surface area contributed by atoms with Gasteiger partial charge in [-0.2, -0.15) is 0 Å². The molecule has 1 amide bonds. The van der Waals surface area contributed by atoms with Crippen LogP contribution in [-0.4, -0.2) is 17.4 Å². The Morgan fingerprint density at radius 3 is 2.22 bits per heavy atom. The van der Waals surface area contributed by atoms with Crippen molar-refractivity contribution in [3.05, 3.63) is 78.9 Å². The SMILES string of the molecule is O=C(N=C1C(Cl)=C(Cl)C(=O)c2ccccc21)c1ccccc1I. The van der Waals surface area contributed by atoms with Gasteiger partial charge < -0.3 is 0 Å². The molecule has 0 N–H and O–H groups in total. The number of hydrogen-bond donors (Lipinski definition) is 0. The van der Waals surface area contributed by atoms with E-state index >= 15 is 0 Å². The minimum atomic E-state index is -0.434. The largest absolute Gasteiger partial charge is 0.288 e. The number of rotatable bonds is 1. The van der Waals surface area contributed by atoms with E-state index in [1.54, 1.807) is 36.4 Å². The van der Waals surface area contributed by atoms with Crippen LogP contribution in [0.4, 0.5) is 0 Å². The van der Waals surface area contributed by atoms with E-state index in [2.05, 4.69) is 27.6 Å². The predicted molar refractivity (Wildman–Crippen MR) is 99.5 cm³/mol. The number of carbonyl (C=O) groups excluding carboxylic acids is 2. The predicted octanol–water partition coefficient (Wildman–Crippen LogP) is 4.81. The molecule has 0 aliphatic heterocycles. The Balaban J connectivity index is 2.16. The summed E-state index contributed by atoms with van der Waals surface area (Å²) in [5.74, 6) is -0.801. The van der Waals surface area contributed by atoms with Crippen LogP contribution < -0.4 is 0 Å². The monoisotopic (exact) mass is 455 g/mol. The quantitative estimate of drug-likeness (QED) is 0.579. The molecule has 0 heterocycles. The maximum atomic E-state index is 12.5. The number of halogens is 3. The second kappa shape index (κ2) is 6.55. The van der Waals surface area contributed by atoms with Gasteiger partial charge in [-0.05, 0) is 34.7 Å². The van der Waals surface area contributed by atoms with E-state index in [-0.39, 0.29) is 21.6 Å². The van der Waals surface area contributed by atoms with Crippen LogP contribution >= 0.6 is 45.8 Å². The van der Waals surface area contributed by atoms with Crippen molar-refractivity contribution in [1.82, 2.24) is 0 Å². The summed E-state index contributed by atoms with van der Waals surface area (Å²) in [5, 5.41) is -0.130. The van der Waals surface area contributed by atoms with E-state index in [0.717, 1.165) is 3.57 Å². The maximum absolute atomic E-state index is 12.5. The minimum Gasteiger partial charge on any atom is -0.288 e. The smallest absolute Gasteiger partial charge is 0.278 e. The number of Topliss-reactive ketones (excluding diaryl/α,β-unsaturated/α-hetero) is 1. The number of benzene rings is 2. The van der Waals surface area contributed by atoms with Crippen LogP contribution in [-0.2, 0) is 0 Å². The van der Waals surface area contributed by atoms with Gasteiger partial charge in [-0.3, -0.25) is 9.59 Å². The third-order valence-corrected chi connectivity index (χ3v) is 5.11. The van der Waals surface area contributed by atoms with Crippen molar-refractivity contribution in [2.75, 3.05) is 0 Å². The Morgan fingerprint density at radius 1 is 0.913 bits per heavy atom. The minimum absolute atomic E-state index is 0.00495. The first-order chi connectivity index (χ1) is 11.0. The third-order valence-electron chi connectivity index (χ3n) is 3.34. The highest BCUT2D eigenvalue weighted by Gasteiger charge is 2.29. The van der Waals surface area contributed by atoms with Gasteiger partial charge in [-0.25, -0.2) is 4.99 Å². The summed E-state index contributed by atoms with van der Waals surface area (Å²) in [6.45, 7) is 0. The zero-order valence-corrected chi connectivity index (χ0v) is 15.2. The summed E-state index contributed by atoms with van der Waals surface area (Å²) < 4.78 is 0.783. The van der Waals surface area contributed by atoms with Crippen molar-refractivity contribution in [2.24, 2.45) is 4.99 Å². The average Bonchev–Trinajstić information content (AvgIpc) is 2.57. The zero-order valence-electron chi connectivity index (χ0n) is 11.5. The van der Waals surface area contributed by atoms with Gasteiger partial charge in [0.15, 0.2) is 0 Å². The van der Waals surface area contributed by atoms with Crippen molar-refractivity contribution in [2.45, 2.75) is 0 Å². The lowest BCUT2D eigenvalue weighted by Crippen LogP contribution is -2.19. The Kier molecular flexibility index (Phi) is 4.66. The van der Waals surface area contributed by atoms with Crippen LogP contribution in [0.25, 0.3) is 0 Å². The molecule has 1 aliphatic rings. The molecular formula is C17H8Cl2INO2. The highest BCUT2D eigenvalue weighted by atomic mass is 127. The van der Waals surface area contributed by atoms with E-state index in [9.17, 15) is 9.59 Å². The lowest BCUT2D eigenvalue weighted by Gasteiger charge is -2.17. The van der Waals surface area contributed by atoms with Gasteiger partial charge in [0.05, 0.1) is 16.3 Å². The van der Waals surface area contributed by atoms with Crippen LogP contribution in [0.1, 0.15) is 26.3 Å². The summed E-state index contributed by atoms with van der Waals surface area (Å²) in [4.78, 5) is 28.8. The fraction of sp³-hybridized carbons (Fsp3) is 0. The number of carbonyl (C=O) groups is 2. The van der Waals surface area contributed by atoms with Crippen LogP contribution in [0.5, 0.6) is 0 Å². The summed E-state index contributed by atoms with van der Waals surface area (Å²) in [7, 11) is 0. The molecule has 114 valence electrons. The topological polar surface area (TPSA) is 46.5 Å². The highest BCUT2D eigenvalue weighted by molar-refractivity contribution is 14.1. The molecule has 0 saturated carbocycles. The van der Waals surface area contributed by atoms with E-state index in [4.69, 9.17) is 23.2 Å². The second-order valence-electron chi connectivity index (χ2n) is 4.75. The number of nitrogens with zero attached hydrogens (tertiary/aromatic N) is 1. The van der Waals surface area contributed by atoms with E-state index in [1.165, 1.54) is 0 Å². The molecule has 0 atom stereocenters. The van der Waals surface area contributed by atoms with Gasteiger partial charge in [0.25, 0.3) is 5.91 Å². The lowest BCUT2D eigenvalue weighted by molar-refractivity contribution is 0.0999. The first-order valence-corrected chi connectivity index (χ1v) is 8.41. The highest BCUT2D eigenvalue weighted by Crippen LogP contribution is 2.31. The number of hydrogen-bond acceptors (Lipinski definition) is 2. The molecule has 0 unspecified atom stereocenters. The first-order valence-electron chi connectivity index (χ1n) is 6.58. The molecule has 0 fully saturated rings. The first kappa shape index (κ1) is 16.4. The van der Waals surface area contributed by atoms with Crippen molar-refractivity contribution < 1.29 is 9.59 Å². The Morgan fingerprint density at radius 2 is 1.52 bits per heavy atom. The number of amides is 1. The summed E-state index contributed by atoms with van der Waals surface area (Å²) >= 11 is 14.2. The van der Waals surface area contributed by atoms with Gasteiger partial charge in [0.1, 0.15) is 5.03 Å². The van der Waals surface area contributed by atoms with Crippen LogP contribution in [0.3, 0.4) is 0 Å². The molecule has 0 spiro atoms. The lowest BCUT2D eigenvalue weighted by atomic mass is 9.94. The molecule has 0 bridgehead atoms. The van der Waals surface area contributed by atoms with Crippen molar-refractivity contribution in [3.63, 3.8) is 0 Å². The normalized spacial score (nSPS) is 15.8. The van der Waals surface area contributed by atoms with E-state index in [0.29, 0.717) is 16.7 Å². The molecule has 0 aromatic heterocycles. The molecule has 2 aromatic carbocycles. The van der Waals surface area contributed by atoms with Crippen LogP contribution in [0, 0.1) is 3.57 Å². The van der Waals surface area contributed by atoms with Crippen molar-refractivity contribution in [3.8, 4) is 0 Å². The summed E-state index contributed by atoms with van der Waals surface area (Å²) in [6.07, 6.45) is 0. The van der Waals surface area contributed by atoms with Gasteiger partial charge in [-0.15, -0.1) is 0 Å². The van der Waals surface area contributed by atoms with Gasteiger partial charge in [-0.1, -0.05) is 59.6 Å². The zero-order chi connectivity index (χ0) is 16.6. The number of ketones is 1. The van der Waals surface area contributed by atoms with Crippen LogP contribution in [0.15, 0.2) is 63.6 Å². The Hall–Kier alpha value is -1.50. The Bertz CT molecular complexity index is 903. The summed E-state index contributed by atoms with van der Waals surface area (Å²) in [5.41, 5.74) is 1.58. The third kappa shape index (κ3) is 2.98. The molecule has 1 aliphatic carbocycles. The molecule has 3 rings (SSSR count). The maximum Gasteiger partial charge on any atom is 0.278 e. The molecule has 0 radical (unpaired) electrons. The Labute approximate surface area is 156 Å².